The zero-order valence-electron chi connectivity index (χ0n) is 13.0. The second-order valence-electron chi connectivity index (χ2n) is 4.17. The van der Waals surface area contributed by atoms with E-state index in [1.165, 1.54) is 11.3 Å². The van der Waals surface area contributed by atoms with Crippen molar-refractivity contribution < 1.29 is 9.53 Å². The molecule has 2 aromatic heterocycles. The maximum Gasteiger partial charge on any atom is 0.350 e. The Balaban J connectivity index is 0.000000956. The van der Waals surface area contributed by atoms with Crippen molar-refractivity contribution in [3.8, 4) is 0 Å². The summed E-state index contributed by atoms with van der Waals surface area (Å²) in [5.74, 6) is -0.262. The third-order valence-electron chi connectivity index (χ3n) is 2.66. The molecule has 0 atom stereocenters. The third-order valence-corrected chi connectivity index (χ3v) is 3.95. The number of ether oxygens (including phenoxy) is 1. The van der Waals surface area contributed by atoms with Crippen LogP contribution in [-0.4, -0.2) is 31.7 Å². The number of nitrogens with zero attached hydrogens (tertiary/aromatic N) is 2. The summed E-state index contributed by atoms with van der Waals surface area (Å²) in [6.07, 6.45) is 1.77. The van der Waals surface area contributed by atoms with Gasteiger partial charge in [-0.1, -0.05) is 13.8 Å². The third kappa shape index (κ3) is 3.10. The number of hydrogen-bond acceptors (Lipinski definition) is 5. The van der Waals surface area contributed by atoms with Crippen LogP contribution in [0.5, 0.6) is 0 Å². The fourth-order valence-electron chi connectivity index (χ4n) is 1.92. The van der Waals surface area contributed by atoms with Gasteiger partial charge >= 0.3 is 5.97 Å². The van der Waals surface area contributed by atoms with Crippen LogP contribution in [0.4, 0.5) is 5.69 Å². The number of carbonyl (C=O) groups is 1. The number of aryl methyl sites for hydroxylation is 1. The maximum absolute atomic E-state index is 12.0. The summed E-state index contributed by atoms with van der Waals surface area (Å²) in [6.45, 7) is 8.15. The van der Waals surface area contributed by atoms with Crippen LogP contribution in [-0.2, 0) is 4.74 Å². The number of thiophene rings is 1. The Morgan fingerprint density at radius 1 is 1.40 bits per heavy atom. The molecule has 0 N–H and O–H groups in total. The molecule has 5 heteroatoms. The van der Waals surface area contributed by atoms with Crippen LogP contribution >= 0.6 is 11.3 Å². The molecule has 0 fully saturated rings. The molecule has 110 valence electrons. The van der Waals surface area contributed by atoms with Gasteiger partial charge in [-0.2, -0.15) is 0 Å². The van der Waals surface area contributed by atoms with Crippen molar-refractivity contribution in [2.45, 2.75) is 27.7 Å². The predicted molar refractivity (Wildman–Crippen MR) is 86.0 cm³/mol. The zero-order chi connectivity index (χ0) is 15.3. The molecular formula is C15H22N2O2S. The second kappa shape index (κ2) is 7.24. The first-order valence-corrected chi connectivity index (χ1v) is 7.60. The van der Waals surface area contributed by atoms with Gasteiger partial charge < -0.3 is 9.64 Å². The molecule has 0 amide bonds. The lowest BCUT2D eigenvalue weighted by Gasteiger charge is -2.13. The van der Waals surface area contributed by atoms with E-state index in [1.807, 2.05) is 52.8 Å². The SMILES string of the molecule is CC.CCOC(=O)c1sc2c(C)nccc2c1N(C)C. The number of fused-ring (bicyclic) bond motifs is 1. The standard InChI is InChI=1S/C13H16N2O2S.C2H6/c1-5-17-13(16)12-10(15(3)4)9-6-7-14-8(2)11(9)18-12;1-2/h6-7H,5H2,1-4H3;1-2H3. The van der Waals surface area contributed by atoms with Crippen molar-refractivity contribution >= 4 is 33.1 Å². The van der Waals surface area contributed by atoms with E-state index >= 15 is 0 Å². The Hall–Kier alpha value is -1.62. The first-order chi connectivity index (χ1) is 9.56. The molecule has 0 bridgehead atoms. The van der Waals surface area contributed by atoms with Crippen LogP contribution in [0, 0.1) is 6.92 Å². The molecule has 0 aromatic carbocycles. The fraction of sp³-hybridized carbons (Fsp3) is 0.467. The summed E-state index contributed by atoms with van der Waals surface area (Å²) in [5.41, 5.74) is 1.86. The Morgan fingerprint density at radius 2 is 2.05 bits per heavy atom. The lowest BCUT2D eigenvalue weighted by atomic mass is 10.2. The lowest BCUT2D eigenvalue weighted by Crippen LogP contribution is -2.13. The fourth-order valence-corrected chi connectivity index (χ4v) is 3.13. The van der Waals surface area contributed by atoms with E-state index in [0.717, 1.165) is 21.5 Å². The number of anilines is 1. The van der Waals surface area contributed by atoms with E-state index in [9.17, 15) is 4.79 Å². The van der Waals surface area contributed by atoms with Gasteiger partial charge in [0.25, 0.3) is 0 Å². The first-order valence-electron chi connectivity index (χ1n) is 6.78. The molecule has 4 nitrogen and oxygen atoms in total. The van der Waals surface area contributed by atoms with Gasteiger partial charge in [0.2, 0.25) is 0 Å². The predicted octanol–water partition coefficient (Wildman–Crippen LogP) is 3.87. The Labute approximate surface area is 124 Å². The molecule has 2 rings (SSSR count). The van der Waals surface area contributed by atoms with Crippen LogP contribution in [0.25, 0.3) is 10.1 Å². The van der Waals surface area contributed by atoms with Crippen molar-refractivity contribution in [3.05, 3.63) is 22.8 Å². The minimum Gasteiger partial charge on any atom is -0.462 e. The number of esters is 1. The molecule has 0 saturated carbocycles. The molecule has 2 aromatic rings. The summed E-state index contributed by atoms with van der Waals surface area (Å²) in [5, 5.41) is 1.06. The molecule has 0 aliphatic rings. The molecule has 0 aliphatic heterocycles. The summed E-state index contributed by atoms with van der Waals surface area (Å²) >= 11 is 1.45. The Morgan fingerprint density at radius 3 is 2.60 bits per heavy atom. The van der Waals surface area contributed by atoms with Crippen LogP contribution in [0.3, 0.4) is 0 Å². The molecule has 2 heterocycles. The smallest absolute Gasteiger partial charge is 0.350 e. The van der Waals surface area contributed by atoms with Crippen LogP contribution in [0.2, 0.25) is 0 Å². The van der Waals surface area contributed by atoms with Gasteiger partial charge in [0.1, 0.15) is 4.88 Å². The second-order valence-corrected chi connectivity index (χ2v) is 5.19. The van der Waals surface area contributed by atoms with E-state index in [0.29, 0.717) is 11.5 Å². The quantitative estimate of drug-likeness (QED) is 0.806. The van der Waals surface area contributed by atoms with Gasteiger partial charge in [0, 0.05) is 25.7 Å². The zero-order valence-corrected chi connectivity index (χ0v) is 13.8. The average molecular weight is 294 g/mol. The first kappa shape index (κ1) is 16.4. The highest BCUT2D eigenvalue weighted by molar-refractivity contribution is 7.21. The normalized spacial score (nSPS) is 9.90. The lowest BCUT2D eigenvalue weighted by molar-refractivity contribution is 0.0533. The van der Waals surface area contributed by atoms with Gasteiger partial charge in [-0.15, -0.1) is 11.3 Å². The summed E-state index contributed by atoms with van der Waals surface area (Å²) in [6, 6.07) is 1.94. The van der Waals surface area contributed by atoms with Crippen LogP contribution < -0.4 is 4.90 Å². The largest absolute Gasteiger partial charge is 0.462 e. The van der Waals surface area contributed by atoms with Crippen LogP contribution in [0.15, 0.2) is 12.3 Å². The molecule has 0 unspecified atom stereocenters. The van der Waals surface area contributed by atoms with Crippen molar-refractivity contribution in [2.75, 3.05) is 25.6 Å². The molecule has 0 spiro atoms. The topological polar surface area (TPSA) is 42.4 Å². The highest BCUT2D eigenvalue weighted by atomic mass is 32.1. The molecule has 20 heavy (non-hydrogen) atoms. The van der Waals surface area contributed by atoms with E-state index in [1.54, 1.807) is 6.20 Å². The Bertz CT molecular complexity index is 591. The van der Waals surface area contributed by atoms with Gasteiger partial charge in [-0.05, 0) is 19.9 Å². The molecule has 0 radical (unpaired) electrons. The van der Waals surface area contributed by atoms with Crippen molar-refractivity contribution in [3.63, 3.8) is 0 Å². The minimum atomic E-state index is -0.262. The van der Waals surface area contributed by atoms with E-state index in [4.69, 9.17) is 4.74 Å². The summed E-state index contributed by atoms with van der Waals surface area (Å²) < 4.78 is 6.16. The van der Waals surface area contributed by atoms with Gasteiger partial charge in [0.15, 0.2) is 0 Å². The average Bonchev–Trinajstić information content (AvgIpc) is 2.82. The minimum absolute atomic E-state index is 0.262. The molecule has 0 saturated heterocycles. The van der Waals surface area contributed by atoms with Crippen LogP contribution in [0.1, 0.15) is 36.1 Å². The summed E-state index contributed by atoms with van der Waals surface area (Å²) in [4.78, 5) is 18.9. The van der Waals surface area contributed by atoms with Crippen molar-refractivity contribution in [1.82, 2.24) is 4.98 Å². The van der Waals surface area contributed by atoms with Gasteiger partial charge in [-0.25, -0.2) is 4.79 Å². The van der Waals surface area contributed by atoms with Gasteiger partial charge in [0.05, 0.1) is 22.7 Å². The number of pyridine rings is 1. The Kier molecular flexibility index (Phi) is 5.95. The van der Waals surface area contributed by atoms with E-state index < -0.39 is 0 Å². The molecule has 0 aliphatic carbocycles. The maximum atomic E-state index is 12.0. The monoisotopic (exact) mass is 294 g/mol. The number of carbonyl (C=O) groups excluding carboxylic acids is 1. The van der Waals surface area contributed by atoms with E-state index in [-0.39, 0.29) is 5.97 Å². The molecular weight excluding hydrogens is 272 g/mol. The number of aromatic nitrogens is 1. The van der Waals surface area contributed by atoms with E-state index in [2.05, 4.69) is 4.98 Å². The van der Waals surface area contributed by atoms with Gasteiger partial charge in [-0.3, -0.25) is 4.98 Å². The number of hydrogen-bond donors (Lipinski definition) is 0. The summed E-state index contributed by atoms with van der Waals surface area (Å²) in [7, 11) is 3.86. The van der Waals surface area contributed by atoms with Crippen molar-refractivity contribution in [1.29, 1.82) is 0 Å². The van der Waals surface area contributed by atoms with Crippen molar-refractivity contribution in [2.24, 2.45) is 0 Å². The highest BCUT2D eigenvalue weighted by Gasteiger charge is 2.21. The number of rotatable bonds is 3. The highest BCUT2D eigenvalue weighted by Crippen LogP contribution is 2.38.